The molecule has 20 heavy (non-hydrogen) atoms. The van der Waals surface area contributed by atoms with Gasteiger partial charge in [-0.25, -0.2) is 9.38 Å². The van der Waals surface area contributed by atoms with E-state index in [1.165, 1.54) is 18.9 Å². The first-order valence-corrected chi connectivity index (χ1v) is 7.46. The zero-order chi connectivity index (χ0) is 14.4. The molecule has 1 heterocycles. The number of hydrogen-bond acceptors (Lipinski definition) is 1. The molecule has 0 aromatic heterocycles. The normalized spacial score (nSPS) is 17.4. The molecule has 1 fully saturated rings. The highest BCUT2D eigenvalue weighted by atomic mass is 19.1. The number of halogens is 1. The van der Waals surface area contributed by atoms with Gasteiger partial charge >= 0.3 is 0 Å². The second kappa shape index (κ2) is 7.27. The van der Waals surface area contributed by atoms with Gasteiger partial charge < -0.3 is 10.2 Å². The van der Waals surface area contributed by atoms with Crippen molar-refractivity contribution in [1.82, 2.24) is 10.2 Å². The molecule has 0 radical (unpaired) electrons. The fourth-order valence-electron chi connectivity index (χ4n) is 2.45. The largest absolute Gasteiger partial charge is 0.357 e. The summed E-state index contributed by atoms with van der Waals surface area (Å²) in [4.78, 5) is 6.95. The van der Waals surface area contributed by atoms with E-state index in [0.29, 0.717) is 6.54 Å². The number of nitrogens with zero attached hydrogens (tertiary/aromatic N) is 2. The summed E-state index contributed by atoms with van der Waals surface area (Å²) in [5.41, 5.74) is 0.908. The maximum absolute atomic E-state index is 13.2. The molecule has 1 aliphatic rings. The van der Waals surface area contributed by atoms with Crippen LogP contribution in [-0.2, 0) is 6.54 Å². The lowest BCUT2D eigenvalue weighted by Crippen LogP contribution is -2.45. The monoisotopic (exact) mass is 277 g/mol. The van der Waals surface area contributed by atoms with Crippen LogP contribution in [0.4, 0.5) is 4.39 Å². The van der Waals surface area contributed by atoms with Crippen LogP contribution in [0.25, 0.3) is 0 Å². The van der Waals surface area contributed by atoms with E-state index >= 15 is 0 Å². The SMILES string of the molecule is CCNC(=NCc1cccc(F)c1)N1CCC(C)CC1. The summed E-state index contributed by atoms with van der Waals surface area (Å²) in [5, 5.41) is 3.33. The van der Waals surface area contributed by atoms with E-state index in [-0.39, 0.29) is 5.82 Å². The lowest BCUT2D eigenvalue weighted by atomic mass is 10.00. The standard InChI is InChI=1S/C16H24FN3/c1-3-18-16(20-9-7-13(2)8-10-20)19-12-14-5-4-6-15(17)11-14/h4-6,11,13H,3,7-10,12H2,1-2H3,(H,18,19). The summed E-state index contributed by atoms with van der Waals surface area (Å²) in [5.74, 6) is 1.55. The molecule has 4 heteroatoms. The molecule has 110 valence electrons. The highest BCUT2D eigenvalue weighted by Gasteiger charge is 2.18. The Labute approximate surface area is 120 Å². The number of benzene rings is 1. The minimum absolute atomic E-state index is 0.200. The van der Waals surface area contributed by atoms with Crippen LogP contribution in [0.2, 0.25) is 0 Å². The van der Waals surface area contributed by atoms with E-state index < -0.39 is 0 Å². The van der Waals surface area contributed by atoms with E-state index in [1.807, 2.05) is 6.07 Å². The number of piperidine rings is 1. The average molecular weight is 277 g/mol. The van der Waals surface area contributed by atoms with Crippen LogP contribution < -0.4 is 5.32 Å². The van der Waals surface area contributed by atoms with Gasteiger partial charge in [0, 0.05) is 19.6 Å². The maximum Gasteiger partial charge on any atom is 0.194 e. The third-order valence-corrected chi connectivity index (χ3v) is 3.72. The summed E-state index contributed by atoms with van der Waals surface area (Å²) in [6.45, 7) is 7.85. The third kappa shape index (κ3) is 4.22. The summed E-state index contributed by atoms with van der Waals surface area (Å²) < 4.78 is 13.2. The highest BCUT2D eigenvalue weighted by Crippen LogP contribution is 2.16. The predicted molar refractivity (Wildman–Crippen MR) is 81.2 cm³/mol. The highest BCUT2D eigenvalue weighted by molar-refractivity contribution is 5.80. The van der Waals surface area contributed by atoms with Gasteiger partial charge in [-0.1, -0.05) is 19.1 Å². The van der Waals surface area contributed by atoms with Crippen molar-refractivity contribution >= 4 is 5.96 Å². The number of likely N-dealkylation sites (tertiary alicyclic amines) is 1. The summed E-state index contributed by atoms with van der Waals surface area (Å²) in [6, 6.07) is 6.65. The van der Waals surface area contributed by atoms with Crippen molar-refractivity contribution in [2.24, 2.45) is 10.9 Å². The summed E-state index contributed by atoms with van der Waals surface area (Å²) >= 11 is 0. The first-order chi connectivity index (χ1) is 9.69. The van der Waals surface area contributed by atoms with Crippen molar-refractivity contribution in [2.75, 3.05) is 19.6 Å². The van der Waals surface area contributed by atoms with Gasteiger partial charge in [0.15, 0.2) is 5.96 Å². The lowest BCUT2D eigenvalue weighted by Gasteiger charge is -2.33. The first-order valence-electron chi connectivity index (χ1n) is 7.46. The number of aliphatic imine (C=N–C) groups is 1. The van der Waals surface area contributed by atoms with Crippen molar-refractivity contribution in [3.05, 3.63) is 35.6 Å². The number of hydrogen-bond donors (Lipinski definition) is 1. The Morgan fingerprint density at radius 2 is 2.15 bits per heavy atom. The molecule has 1 saturated heterocycles. The van der Waals surface area contributed by atoms with E-state index in [0.717, 1.165) is 37.1 Å². The zero-order valence-electron chi connectivity index (χ0n) is 12.4. The average Bonchev–Trinajstić information content (AvgIpc) is 2.44. The van der Waals surface area contributed by atoms with Gasteiger partial charge in [-0.15, -0.1) is 0 Å². The van der Waals surface area contributed by atoms with Gasteiger partial charge in [0.1, 0.15) is 5.82 Å². The zero-order valence-corrected chi connectivity index (χ0v) is 12.4. The van der Waals surface area contributed by atoms with Crippen molar-refractivity contribution in [3.8, 4) is 0 Å². The molecule has 0 bridgehead atoms. The molecule has 0 atom stereocenters. The molecule has 0 saturated carbocycles. The van der Waals surface area contributed by atoms with Crippen LogP contribution in [0.3, 0.4) is 0 Å². The molecule has 0 spiro atoms. The van der Waals surface area contributed by atoms with Gasteiger partial charge in [-0.3, -0.25) is 0 Å². The first kappa shape index (κ1) is 14.8. The van der Waals surface area contributed by atoms with Crippen LogP contribution in [0.5, 0.6) is 0 Å². The van der Waals surface area contributed by atoms with Gasteiger partial charge in [0.05, 0.1) is 6.54 Å². The van der Waals surface area contributed by atoms with Crippen LogP contribution >= 0.6 is 0 Å². The Morgan fingerprint density at radius 3 is 2.80 bits per heavy atom. The van der Waals surface area contributed by atoms with E-state index in [2.05, 4.69) is 29.1 Å². The summed E-state index contributed by atoms with van der Waals surface area (Å²) in [7, 11) is 0. The summed E-state index contributed by atoms with van der Waals surface area (Å²) in [6.07, 6.45) is 2.43. The minimum Gasteiger partial charge on any atom is -0.357 e. The molecule has 0 aliphatic carbocycles. The quantitative estimate of drug-likeness (QED) is 0.679. The molecule has 1 aliphatic heterocycles. The maximum atomic E-state index is 13.2. The second-order valence-electron chi connectivity index (χ2n) is 5.47. The van der Waals surface area contributed by atoms with Gasteiger partial charge in [-0.2, -0.15) is 0 Å². The Morgan fingerprint density at radius 1 is 1.40 bits per heavy atom. The van der Waals surface area contributed by atoms with Crippen molar-refractivity contribution in [3.63, 3.8) is 0 Å². The molecular formula is C16H24FN3. The lowest BCUT2D eigenvalue weighted by molar-refractivity contribution is 0.273. The van der Waals surface area contributed by atoms with Crippen molar-refractivity contribution < 1.29 is 4.39 Å². The van der Waals surface area contributed by atoms with Gasteiger partial charge in [0.2, 0.25) is 0 Å². The van der Waals surface area contributed by atoms with Crippen molar-refractivity contribution in [1.29, 1.82) is 0 Å². The molecule has 3 nitrogen and oxygen atoms in total. The molecule has 0 unspecified atom stereocenters. The van der Waals surface area contributed by atoms with Crippen molar-refractivity contribution in [2.45, 2.75) is 33.2 Å². The number of nitrogens with one attached hydrogen (secondary N) is 1. The van der Waals surface area contributed by atoms with Gasteiger partial charge in [-0.05, 0) is 43.4 Å². The van der Waals surface area contributed by atoms with Crippen LogP contribution in [0, 0.1) is 11.7 Å². The Hall–Kier alpha value is -1.58. The molecule has 1 N–H and O–H groups in total. The smallest absolute Gasteiger partial charge is 0.194 e. The number of rotatable bonds is 3. The minimum atomic E-state index is -0.200. The molecular weight excluding hydrogens is 253 g/mol. The second-order valence-corrected chi connectivity index (χ2v) is 5.47. The Kier molecular flexibility index (Phi) is 5.39. The van der Waals surface area contributed by atoms with Crippen LogP contribution in [0.1, 0.15) is 32.3 Å². The Balaban J connectivity index is 2.02. The molecule has 1 aromatic rings. The van der Waals surface area contributed by atoms with Crippen LogP contribution in [0.15, 0.2) is 29.3 Å². The fraction of sp³-hybridized carbons (Fsp3) is 0.562. The fourth-order valence-corrected chi connectivity index (χ4v) is 2.45. The molecule has 1 aromatic carbocycles. The van der Waals surface area contributed by atoms with Crippen LogP contribution in [-0.4, -0.2) is 30.5 Å². The van der Waals surface area contributed by atoms with Gasteiger partial charge in [0.25, 0.3) is 0 Å². The van der Waals surface area contributed by atoms with E-state index in [4.69, 9.17) is 0 Å². The molecule has 2 rings (SSSR count). The third-order valence-electron chi connectivity index (χ3n) is 3.72. The Bertz CT molecular complexity index is 451. The topological polar surface area (TPSA) is 27.6 Å². The predicted octanol–water partition coefficient (Wildman–Crippen LogP) is 3.02. The van der Waals surface area contributed by atoms with E-state index in [9.17, 15) is 4.39 Å². The molecule has 0 amide bonds. The number of guanidine groups is 1. The van der Waals surface area contributed by atoms with E-state index in [1.54, 1.807) is 12.1 Å².